The molecule has 0 rings (SSSR count). The molecule has 0 aromatic carbocycles. The molecule has 0 aliphatic carbocycles. The van der Waals surface area contributed by atoms with Gasteiger partial charge in [0.1, 0.15) is 0 Å². The minimum atomic E-state index is -0.627. The van der Waals surface area contributed by atoms with Crippen molar-refractivity contribution in [1.29, 1.82) is 0 Å². The highest BCUT2D eigenvalue weighted by atomic mass is 16.3. The number of aliphatic hydroxyl groups is 2. The summed E-state index contributed by atoms with van der Waals surface area (Å²) in [5, 5.41) is 22.8. The highest BCUT2D eigenvalue weighted by molar-refractivity contribution is 5.32. The summed E-state index contributed by atoms with van der Waals surface area (Å²) in [6, 6.07) is -0.415. The molecule has 116 valence electrons. The van der Waals surface area contributed by atoms with E-state index in [1.54, 1.807) is 19.1 Å². The van der Waals surface area contributed by atoms with Gasteiger partial charge in [0.05, 0.1) is 12.2 Å². The summed E-state index contributed by atoms with van der Waals surface area (Å²) in [6.45, 7) is 13.9. The van der Waals surface area contributed by atoms with Gasteiger partial charge in [0.2, 0.25) is 0 Å². The van der Waals surface area contributed by atoms with Crippen LogP contribution in [0.2, 0.25) is 0 Å². The first-order chi connectivity index (χ1) is 9.06. The molecule has 0 amide bonds. The van der Waals surface area contributed by atoms with Crippen LogP contribution in [0.4, 0.5) is 0 Å². The van der Waals surface area contributed by atoms with Gasteiger partial charge in [-0.2, -0.15) is 0 Å². The largest absolute Gasteiger partial charge is 0.391 e. The van der Waals surface area contributed by atoms with Gasteiger partial charge < -0.3 is 21.3 Å². The Morgan fingerprint density at radius 3 is 2.30 bits per heavy atom. The van der Waals surface area contributed by atoms with Crippen LogP contribution in [-0.4, -0.2) is 40.5 Å². The first kappa shape index (κ1) is 19.1. The maximum Gasteiger partial charge on any atom is 0.0914 e. The molecule has 0 bridgehead atoms. The van der Waals surface area contributed by atoms with E-state index in [9.17, 15) is 10.2 Å². The standard InChI is InChI=1S/C16H30N2O2/c1-7-13(15(20)10-18-16(4,5)6)8-11(2)9-14(17)12(3)19/h7-9,12,14-15,18-20H,1,10,17H2,2-6H3/b11-9?,13-8+. The zero-order valence-electron chi connectivity index (χ0n) is 13.4. The Labute approximate surface area is 123 Å². The van der Waals surface area contributed by atoms with Crippen LogP contribution in [0, 0.1) is 0 Å². The molecule has 4 heteroatoms. The van der Waals surface area contributed by atoms with Crippen molar-refractivity contribution in [3.8, 4) is 0 Å². The Morgan fingerprint density at radius 1 is 1.35 bits per heavy atom. The van der Waals surface area contributed by atoms with Gasteiger partial charge in [-0.1, -0.05) is 30.4 Å². The fourth-order valence-corrected chi connectivity index (χ4v) is 1.57. The third-order valence-electron chi connectivity index (χ3n) is 2.85. The van der Waals surface area contributed by atoms with Gasteiger partial charge in [-0.05, 0) is 40.2 Å². The molecule has 0 fully saturated rings. The fraction of sp³-hybridized carbons (Fsp3) is 0.625. The van der Waals surface area contributed by atoms with Gasteiger partial charge in [0.15, 0.2) is 0 Å². The van der Waals surface area contributed by atoms with E-state index >= 15 is 0 Å². The lowest BCUT2D eigenvalue weighted by Crippen LogP contribution is -2.41. The number of nitrogens with one attached hydrogen (secondary N) is 1. The summed E-state index contributed by atoms with van der Waals surface area (Å²) >= 11 is 0. The summed E-state index contributed by atoms with van der Waals surface area (Å²) in [7, 11) is 0. The predicted octanol–water partition coefficient (Wildman–Crippen LogP) is 1.50. The lowest BCUT2D eigenvalue weighted by atomic mass is 10.0. The lowest BCUT2D eigenvalue weighted by Gasteiger charge is -2.23. The van der Waals surface area contributed by atoms with Crippen LogP contribution in [-0.2, 0) is 0 Å². The molecule has 0 aliphatic rings. The summed E-state index contributed by atoms with van der Waals surface area (Å²) in [5.41, 5.74) is 7.34. The molecule has 3 unspecified atom stereocenters. The van der Waals surface area contributed by atoms with Crippen LogP contribution in [0.15, 0.2) is 36.0 Å². The minimum absolute atomic E-state index is 0.0488. The molecule has 4 nitrogen and oxygen atoms in total. The van der Waals surface area contributed by atoms with Crippen molar-refractivity contribution in [2.45, 2.75) is 58.4 Å². The second kappa shape index (κ2) is 8.37. The molecule has 0 saturated carbocycles. The molecule has 0 aliphatic heterocycles. The van der Waals surface area contributed by atoms with E-state index in [0.29, 0.717) is 6.54 Å². The second-order valence-corrected chi connectivity index (χ2v) is 6.22. The van der Waals surface area contributed by atoms with Crippen molar-refractivity contribution in [2.75, 3.05) is 6.54 Å². The van der Waals surface area contributed by atoms with Crippen molar-refractivity contribution in [2.24, 2.45) is 5.73 Å². The number of nitrogens with two attached hydrogens (primary N) is 1. The number of aliphatic hydroxyl groups excluding tert-OH is 2. The van der Waals surface area contributed by atoms with E-state index in [4.69, 9.17) is 5.73 Å². The van der Waals surface area contributed by atoms with Gasteiger partial charge >= 0.3 is 0 Å². The molecule has 0 heterocycles. The third kappa shape index (κ3) is 8.27. The monoisotopic (exact) mass is 282 g/mol. The average Bonchev–Trinajstić information content (AvgIpc) is 2.31. The van der Waals surface area contributed by atoms with E-state index in [0.717, 1.165) is 11.1 Å². The van der Waals surface area contributed by atoms with Gasteiger partial charge in [0, 0.05) is 18.1 Å². The van der Waals surface area contributed by atoms with E-state index < -0.39 is 18.2 Å². The lowest BCUT2D eigenvalue weighted by molar-refractivity contribution is 0.180. The summed E-state index contributed by atoms with van der Waals surface area (Å²) in [4.78, 5) is 0. The van der Waals surface area contributed by atoms with Gasteiger partial charge in [-0.15, -0.1) is 0 Å². The molecular weight excluding hydrogens is 252 g/mol. The zero-order chi connectivity index (χ0) is 15.9. The maximum absolute atomic E-state index is 10.2. The topological polar surface area (TPSA) is 78.5 Å². The van der Waals surface area contributed by atoms with Crippen LogP contribution in [0.3, 0.4) is 0 Å². The average molecular weight is 282 g/mol. The third-order valence-corrected chi connectivity index (χ3v) is 2.85. The van der Waals surface area contributed by atoms with Crippen LogP contribution in [0.1, 0.15) is 34.6 Å². The molecule has 0 spiro atoms. The van der Waals surface area contributed by atoms with Gasteiger partial charge in [-0.25, -0.2) is 0 Å². The molecule has 0 radical (unpaired) electrons. The number of allylic oxidation sites excluding steroid dienone is 2. The van der Waals surface area contributed by atoms with Crippen molar-refractivity contribution in [3.63, 3.8) is 0 Å². The van der Waals surface area contributed by atoms with Gasteiger partial charge in [-0.3, -0.25) is 0 Å². The Hall–Kier alpha value is -0.940. The smallest absolute Gasteiger partial charge is 0.0914 e. The molecule has 0 saturated heterocycles. The van der Waals surface area contributed by atoms with E-state index in [1.165, 1.54) is 0 Å². The van der Waals surface area contributed by atoms with Crippen molar-refractivity contribution in [1.82, 2.24) is 5.32 Å². The Balaban J connectivity index is 4.80. The zero-order valence-corrected chi connectivity index (χ0v) is 13.4. The second-order valence-electron chi connectivity index (χ2n) is 6.22. The van der Waals surface area contributed by atoms with Crippen molar-refractivity contribution >= 4 is 0 Å². The Morgan fingerprint density at radius 2 is 1.90 bits per heavy atom. The summed E-state index contributed by atoms with van der Waals surface area (Å²) in [6.07, 6.45) is 4.03. The van der Waals surface area contributed by atoms with E-state index in [2.05, 4.69) is 11.9 Å². The van der Waals surface area contributed by atoms with Crippen molar-refractivity contribution in [3.05, 3.63) is 36.0 Å². The van der Waals surface area contributed by atoms with Crippen LogP contribution in [0.25, 0.3) is 0 Å². The predicted molar refractivity (Wildman–Crippen MR) is 85.5 cm³/mol. The summed E-state index contributed by atoms with van der Waals surface area (Å²) in [5.74, 6) is 0. The van der Waals surface area contributed by atoms with Crippen LogP contribution >= 0.6 is 0 Å². The molecular formula is C16H30N2O2. The first-order valence-corrected chi connectivity index (χ1v) is 6.96. The highest BCUT2D eigenvalue weighted by Crippen LogP contribution is 2.10. The minimum Gasteiger partial charge on any atom is -0.391 e. The quantitative estimate of drug-likeness (QED) is 0.534. The normalized spacial score (nSPS) is 18.6. The number of rotatable bonds is 7. The van der Waals surface area contributed by atoms with Crippen LogP contribution in [0.5, 0.6) is 0 Å². The van der Waals surface area contributed by atoms with Crippen LogP contribution < -0.4 is 11.1 Å². The van der Waals surface area contributed by atoms with Crippen molar-refractivity contribution < 1.29 is 10.2 Å². The first-order valence-electron chi connectivity index (χ1n) is 6.96. The number of β-amino-alcohol motifs (C(OH)–C–C–N with tert-alkyl or cyclic N) is 1. The van der Waals surface area contributed by atoms with E-state index in [1.807, 2.05) is 33.8 Å². The van der Waals surface area contributed by atoms with Gasteiger partial charge in [0.25, 0.3) is 0 Å². The Kier molecular flexibility index (Phi) is 7.98. The molecule has 0 aromatic rings. The molecule has 3 atom stereocenters. The fourth-order valence-electron chi connectivity index (χ4n) is 1.57. The maximum atomic E-state index is 10.2. The SMILES string of the molecule is C=C/C(=C\C(C)=CC(N)C(C)O)C(O)CNC(C)(C)C. The highest BCUT2D eigenvalue weighted by Gasteiger charge is 2.14. The molecule has 5 N–H and O–H groups in total. The molecule has 20 heavy (non-hydrogen) atoms. The number of hydrogen-bond donors (Lipinski definition) is 4. The summed E-state index contributed by atoms with van der Waals surface area (Å²) < 4.78 is 0. The van der Waals surface area contributed by atoms with E-state index in [-0.39, 0.29) is 5.54 Å². The number of hydrogen-bond acceptors (Lipinski definition) is 4. The molecule has 0 aromatic heterocycles. The Bertz CT molecular complexity index is 365.